The van der Waals surface area contributed by atoms with E-state index >= 15 is 0 Å². The molecule has 2 aromatic carbocycles. The topological polar surface area (TPSA) is 49.4 Å². The minimum Gasteiger partial charge on any atom is -0.322 e. The van der Waals surface area contributed by atoms with Crippen LogP contribution < -0.4 is 10.2 Å². The fraction of sp³-hybridized carbons (Fsp3) is 0.263. The lowest BCUT2D eigenvalue weighted by molar-refractivity contribution is -0.118. The van der Waals surface area contributed by atoms with Gasteiger partial charge in [0.05, 0.1) is 10.6 Å². The van der Waals surface area contributed by atoms with Gasteiger partial charge in [-0.2, -0.15) is 0 Å². The highest BCUT2D eigenvalue weighted by atomic mass is 35.5. The maximum absolute atomic E-state index is 13.9. The van der Waals surface area contributed by atoms with E-state index < -0.39 is 11.7 Å². The molecule has 4 nitrogen and oxygen atoms in total. The molecule has 0 radical (unpaired) electrons. The van der Waals surface area contributed by atoms with Crippen LogP contribution in [0.25, 0.3) is 0 Å². The lowest BCUT2D eigenvalue weighted by Crippen LogP contribution is -2.35. The number of hydrogen-bond acceptors (Lipinski definition) is 2. The molecule has 1 N–H and O–H groups in total. The average Bonchev–Trinajstić information content (AvgIpc) is 2.57. The number of halogens is 2. The molecule has 3 rings (SSSR count). The van der Waals surface area contributed by atoms with Crippen LogP contribution in [0.1, 0.15) is 35.7 Å². The number of fused-ring (bicyclic) bond motifs is 1. The largest absolute Gasteiger partial charge is 0.322 e. The van der Waals surface area contributed by atoms with Crippen LogP contribution in [0.3, 0.4) is 0 Å². The van der Waals surface area contributed by atoms with E-state index in [4.69, 9.17) is 11.6 Å². The van der Waals surface area contributed by atoms with Crippen LogP contribution in [-0.2, 0) is 11.2 Å². The molecule has 0 saturated carbocycles. The van der Waals surface area contributed by atoms with Gasteiger partial charge >= 0.3 is 0 Å². The number of benzene rings is 2. The summed E-state index contributed by atoms with van der Waals surface area (Å²) in [7, 11) is 0. The fourth-order valence-corrected chi connectivity index (χ4v) is 3.26. The zero-order valence-corrected chi connectivity index (χ0v) is 14.6. The second-order valence-electron chi connectivity index (χ2n) is 5.94. The normalized spacial score (nSPS) is 13.6. The summed E-state index contributed by atoms with van der Waals surface area (Å²) in [4.78, 5) is 26.2. The number of rotatable bonds is 4. The zero-order chi connectivity index (χ0) is 18.0. The Bertz CT molecular complexity index is 818. The van der Waals surface area contributed by atoms with Crippen molar-refractivity contribution in [2.24, 2.45) is 0 Å². The first kappa shape index (κ1) is 17.4. The molecule has 1 aliphatic rings. The van der Waals surface area contributed by atoms with Gasteiger partial charge in [0, 0.05) is 24.3 Å². The first-order chi connectivity index (χ1) is 12.0. The van der Waals surface area contributed by atoms with E-state index in [1.807, 2.05) is 19.1 Å². The lowest BCUT2D eigenvalue weighted by Gasteiger charge is -2.29. The molecule has 130 valence electrons. The number of amides is 2. The Labute approximate surface area is 150 Å². The van der Waals surface area contributed by atoms with E-state index in [-0.39, 0.29) is 16.5 Å². The average molecular weight is 361 g/mol. The number of hydrogen-bond donors (Lipinski definition) is 1. The Morgan fingerprint density at radius 2 is 2.08 bits per heavy atom. The van der Waals surface area contributed by atoms with Crippen molar-refractivity contribution in [3.63, 3.8) is 0 Å². The first-order valence-electron chi connectivity index (χ1n) is 8.20. The molecular formula is C19H18ClFN2O2. The Balaban J connectivity index is 1.86. The molecule has 0 bridgehead atoms. The molecule has 1 heterocycles. The summed E-state index contributed by atoms with van der Waals surface area (Å²) in [5.41, 5.74) is 2.24. The number of nitrogens with one attached hydrogen (secondary N) is 1. The predicted molar refractivity (Wildman–Crippen MR) is 96.8 cm³/mol. The van der Waals surface area contributed by atoms with Crippen molar-refractivity contribution >= 4 is 34.8 Å². The SMILES string of the molecule is CCCN1C(=O)CCc2cc(NC(=O)c3c(F)cccc3Cl)ccc21. The summed E-state index contributed by atoms with van der Waals surface area (Å²) in [6, 6.07) is 9.49. The van der Waals surface area contributed by atoms with Gasteiger partial charge in [-0.05, 0) is 48.7 Å². The minimum atomic E-state index is -0.664. The molecular weight excluding hydrogens is 343 g/mol. The Kier molecular flexibility index (Phi) is 5.04. The van der Waals surface area contributed by atoms with Crippen LogP contribution in [0.15, 0.2) is 36.4 Å². The molecule has 0 unspecified atom stereocenters. The molecule has 2 aromatic rings. The van der Waals surface area contributed by atoms with Crippen molar-refractivity contribution in [2.75, 3.05) is 16.8 Å². The number of nitrogens with zero attached hydrogens (tertiary/aromatic N) is 1. The van der Waals surface area contributed by atoms with Gasteiger partial charge in [0.25, 0.3) is 5.91 Å². The van der Waals surface area contributed by atoms with E-state index in [2.05, 4.69) is 5.32 Å². The molecule has 25 heavy (non-hydrogen) atoms. The van der Waals surface area contributed by atoms with E-state index in [0.29, 0.717) is 25.1 Å². The summed E-state index contributed by atoms with van der Waals surface area (Å²) in [5.74, 6) is -1.15. The maximum Gasteiger partial charge on any atom is 0.260 e. The van der Waals surface area contributed by atoms with Gasteiger partial charge < -0.3 is 10.2 Å². The number of anilines is 2. The van der Waals surface area contributed by atoms with Crippen LogP contribution in [0.4, 0.5) is 15.8 Å². The molecule has 2 amide bonds. The third-order valence-electron chi connectivity index (χ3n) is 4.17. The quantitative estimate of drug-likeness (QED) is 0.877. The third kappa shape index (κ3) is 3.51. The highest BCUT2D eigenvalue weighted by molar-refractivity contribution is 6.34. The molecule has 0 saturated heterocycles. The van der Waals surface area contributed by atoms with Crippen molar-refractivity contribution in [1.82, 2.24) is 0 Å². The number of carbonyl (C=O) groups is 2. The van der Waals surface area contributed by atoms with Crippen LogP contribution >= 0.6 is 11.6 Å². The van der Waals surface area contributed by atoms with Gasteiger partial charge in [0.15, 0.2) is 0 Å². The van der Waals surface area contributed by atoms with Gasteiger partial charge in [-0.25, -0.2) is 4.39 Å². The summed E-state index contributed by atoms with van der Waals surface area (Å²) in [6.45, 7) is 2.69. The highest BCUT2D eigenvalue weighted by Crippen LogP contribution is 2.31. The van der Waals surface area contributed by atoms with E-state index in [1.54, 1.807) is 11.0 Å². The molecule has 6 heteroatoms. The van der Waals surface area contributed by atoms with E-state index in [1.165, 1.54) is 18.2 Å². The van der Waals surface area contributed by atoms with E-state index in [9.17, 15) is 14.0 Å². The monoisotopic (exact) mass is 360 g/mol. The maximum atomic E-state index is 13.9. The molecule has 0 spiro atoms. The van der Waals surface area contributed by atoms with Gasteiger partial charge in [0.1, 0.15) is 5.82 Å². The summed E-state index contributed by atoms with van der Waals surface area (Å²) in [5, 5.41) is 2.75. The molecule has 0 aromatic heterocycles. The van der Waals surface area contributed by atoms with Crippen LogP contribution in [0.2, 0.25) is 5.02 Å². The first-order valence-corrected chi connectivity index (χ1v) is 8.57. The minimum absolute atomic E-state index is 0.0650. The second-order valence-corrected chi connectivity index (χ2v) is 6.35. The fourth-order valence-electron chi connectivity index (χ4n) is 3.01. The van der Waals surface area contributed by atoms with Gasteiger partial charge in [-0.15, -0.1) is 0 Å². The highest BCUT2D eigenvalue weighted by Gasteiger charge is 2.24. The Morgan fingerprint density at radius 1 is 1.28 bits per heavy atom. The van der Waals surface area contributed by atoms with Crippen LogP contribution in [0.5, 0.6) is 0 Å². The van der Waals surface area contributed by atoms with Crippen molar-refractivity contribution in [3.8, 4) is 0 Å². The lowest BCUT2D eigenvalue weighted by atomic mass is 10.00. The summed E-state index contributed by atoms with van der Waals surface area (Å²) >= 11 is 5.93. The predicted octanol–water partition coefficient (Wildman–Crippen LogP) is 4.42. The van der Waals surface area contributed by atoms with Crippen molar-refractivity contribution in [1.29, 1.82) is 0 Å². The molecule has 0 atom stereocenters. The van der Waals surface area contributed by atoms with Crippen molar-refractivity contribution in [2.45, 2.75) is 26.2 Å². The molecule has 1 aliphatic heterocycles. The van der Waals surface area contributed by atoms with E-state index in [0.717, 1.165) is 17.7 Å². The number of aryl methyl sites for hydroxylation is 1. The van der Waals surface area contributed by atoms with Gasteiger partial charge in [-0.3, -0.25) is 9.59 Å². The van der Waals surface area contributed by atoms with Crippen molar-refractivity contribution in [3.05, 3.63) is 58.4 Å². The molecule has 0 fully saturated rings. The Hall–Kier alpha value is -2.40. The summed E-state index contributed by atoms with van der Waals surface area (Å²) < 4.78 is 13.9. The van der Waals surface area contributed by atoms with Gasteiger partial charge in [0.2, 0.25) is 5.91 Å². The van der Waals surface area contributed by atoms with Crippen molar-refractivity contribution < 1.29 is 14.0 Å². The Morgan fingerprint density at radius 3 is 2.80 bits per heavy atom. The zero-order valence-electron chi connectivity index (χ0n) is 13.8. The summed E-state index contributed by atoms with van der Waals surface area (Å²) in [6.07, 6.45) is 1.94. The molecule has 0 aliphatic carbocycles. The standard InChI is InChI=1S/C19H18ClFN2O2/c1-2-10-23-16-8-7-13(11-12(16)6-9-17(23)24)22-19(25)18-14(20)4-3-5-15(18)21/h3-5,7-8,11H,2,6,9-10H2,1H3,(H,22,25). The smallest absolute Gasteiger partial charge is 0.260 e. The van der Waals surface area contributed by atoms with Crippen LogP contribution in [0, 0.1) is 5.82 Å². The third-order valence-corrected chi connectivity index (χ3v) is 4.49. The van der Waals surface area contributed by atoms with Crippen LogP contribution in [-0.4, -0.2) is 18.4 Å². The second kappa shape index (κ2) is 7.23. The number of carbonyl (C=O) groups excluding carboxylic acids is 2. The van der Waals surface area contributed by atoms with Gasteiger partial charge in [-0.1, -0.05) is 24.6 Å².